The van der Waals surface area contributed by atoms with E-state index in [1.165, 1.54) is 6.92 Å². The number of fused-ring (bicyclic) bond motifs is 1. The summed E-state index contributed by atoms with van der Waals surface area (Å²) in [6.07, 6.45) is 2.79. The number of esters is 1. The SMILES string of the molecule is C[C@H](OC(=O)Cc1n[nH]c(=O)c2ccccc12)C(=O)NC1(C#N)CCCCC1. The molecular weight excluding hydrogens is 360 g/mol. The van der Waals surface area contributed by atoms with Gasteiger partial charge in [0.25, 0.3) is 11.5 Å². The van der Waals surface area contributed by atoms with Gasteiger partial charge in [-0.2, -0.15) is 10.4 Å². The molecule has 1 aromatic heterocycles. The van der Waals surface area contributed by atoms with Crippen molar-refractivity contribution in [2.45, 2.75) is 57.1 Å². The fourth-order valence-electron chi connectivity index (χ4n) is 3.49. The molecule has 2 aromatic rings. The van der Waals surface area contributed by atoms with Crippen molar-refractivity contribution in [3.63, 3.8) is 0 Å². The lowest BCUT2D eigenvalue weighted by atomic mass is 9.83. The normalized spacial score (nSPS) is 16.7. The molecule has 0 spiro atoms. The summed E-state index contributed by atoms with van der Waals surface area (Å²) in [7, 11) is 0. The van der Waals surface area contributed by atoms with Crippen molar-refractivity contribution in [2.75, 3.05) is 0 Å². The molecular formula is C20H22N4O4. The number of nitriles is 1. The van der Waals surface area contributed by atoms with Gasteiger partial charge < -0.3 is 10.1 Å². The first-order valence-electron chi connectivity index (χ1n) is 9.33. The summed E-state index contributed by atoms with van der Waals surface area (Å²) in [6.45, 7) is 1.47. The molecule has 0 aliphatic heterocycles. The van der Waals surface area contributed by atoms with Crippen molar-refractivity contribution < 1.29 is 14.3 Å². The van der Waals surface area contributed by atoms with Crippen LogP contribution in [-0.2, 0) is 20.7 Å². The van der Waals surface area contributed by atoms with Crippen LogP contribution in [-0.4, -0.2) is 33.7 Å². The number of carbonyl (C=O) groups is 2. The van der Waals surface area contributed by atoms with Gasteiger partial charge in [-0.15, -0.1) is 0 Å². The molecule has 1 aromatic carbocycles. The monoisotopic (exact) mass is 382 g/mol. The van der Waals surface area contributed by atoms with Crippen molar-refractivity contribution in [3.8, 4) is 6.07 Å². The van der Waals surface area contributed by atoms with Crippen LogP contribution < -0.4 is 10.9 Å². The van der Waals surface area contributed by atoms with E-state index in [2.05, 4.69) is 21.6 Å². The maximum atomic E-state index is 12.4. The second-order valence-electron chi connectivity index (χ2n) is 7.10. The van der Waals surface area contributed by atoms with E-state index in [9.17, 15) is 19.6 Å². The Bertz CT molecular complexity index is 986. The van der Waals surface area contributed by atoms with Gasteiger partial charge in [-0.3, -0.25) is 14.4 Å². The van der Waals surface area contributed by atoms with Crippen LogP contribution in [0.4, 0.5) is 0 Å². The van der Waals surface area contributed by atoms with Gasteiger partial charge >= 0.3 is 5.97 Å². The molecule has 0 unspecified atom stereocenters. The maximum absolute atomic E-state index is 12.4. The van der Waals surface area contributed by atoms with E-state index < -0.39 is 23.5 Å². The highest BCUT2D eigenvalue weighted by Crippen LogP contribution is 2.27. The van der Waals surface area contributed by atoms with Gasteiger partial charge in [0.1, 0.15) is 5.54 Å². The van der Waals surface area contributed by atoms with E-state index in [0.29, 0.717) is 29.3 Å². The van der Waals surface area contributed by atoms with Crippen LogP contribution in [0.15, 0.2) is 29.1 Å². The van der Waals surface area contributed by atoms with Crippen molar-refractivity contribution in [1.29, 1.82) is 5.26 Å². The molecule has 1 saturated carbocycles. The summed E-state index contributed by atoms with van der Waals surface area (Å²) < 4.78 is 5.23. The van der Waals surface area contributed by atoms with E-state index in [4.69, 9.17) is 4.74 Å². The van der Waals surface area contributed by atoms with Crippen LogP contribution in [0, 0.1) is 11.3 Å². The molecule has 1 fully saturated rings. The predicted octanol–water partition coefficient (Wildman–Crippen LogP) is 1.74. The number of H-pyrrole nitrogens is 1. The number of carbonyl (C=O) groups excluding carboxylic acids is 2. The summed E-state index contributed by atoms with van der Waals surface area (Å²) >= 11 is 0. The largest absolute Gasteiger partial charge is 0.452 e. The van der Waals surface area contributed by atoms with Gasteiger partial charge in [-0.25, -0.2) is 5.10 Å². The first-order chi connectivity index (χ1) is 13.4. The second kappa shape index (κ2) is 8.21. The summed E-state index contributed by atoms with van der Waals surface area (Å²) in [4.78, 5) is 36.5. The molecule has 0 bridgehead atoms. The van der Waals surface area contributed by atoms with Gasteiger partial charge in [0.2, 0.25) is 0 Å². The lowest BCUT2D eigenvalue weighted by Crippen LogP contribution is -2.52. The topological polar surface area (TPSA) is 125 Å². The van der Waals surface area contributed by atoms with Gasteiger partial charge in [0.05, 0.1) is 23.6 Å². The zero-order valence-corrected chi connectivity index (χ0v) is 15.7. The number of hydrogen-bond acceptors (Lipinski definition) is 6. The van der Waals surface area contributed by atoms with Crippen LogP contribution in [0.5, 0.6) is 0 Å². The molecule has 8 nitrogen and oxygen atoms in total. The molecule has 1 aliphatic carbocycles. The number of rotatable bonds is 5. The third-order valence-corrected chi connectivity index (χ3v) is 5.05. The van der Waals surface area contributed by atoms with Gasteiger partial charge in [0, 0.05) is 5.39 Å². The molecule has 1 amide bonds. The number of ether oxygens (including phenoxy) is 1. The highest BCUT2D eigenvalue weighted by Gasteiger charge is 2.35. The number of aromatic nitrogens is 2. The lowest BCUT2D eigenvalue weighted by Gasteiger charge is -2.32. The smallest absolute Gasteiger partial charge is 0.312 e. The third kappa shape index (κ3) is 4.19. The predicted molar refractivity (Wildman–Crippen MR) is 101 cm³/mol. The summed E-state index contributed by atoms with van der Waals surface area (Å²) in [5.41, 5.74) is -0.851. The van der Waals surface area contributed by atoms with E-state index in [0.717, 1.165) is 19.3 Å². The molecule has 8 heteroatoms. The second-order valence-corrected chi connectivity index (χ2v) is 7.10. The summed E-state index contributed by atoms with van der Waals surface area (Å²) in [6, 6.07) is 9.03. The molecule has 1 aliphatic rings. The van der Waals surface area contributed by atoms with Crippen LogP contribution in [0.2, 0.25) is 0 Å². The van der Waals surface area contributed by atoms with Gasteiger partial charge in [0.15, 0.2) is 6.10 Å². The van der Waals surface area contributed by atoms with Gasteiger partial charge in [-0.1, -0.05) is 37.5 Å². The van der Waals surface area contributed by atoms with Crippen molar-refractivity contribution in [3.05, 3.63) is 40.3 Å². The third-order valence-electron chi connectivity index (χ3n) is 5.05. The fraction of sp³-hybridized carbons (Fsp3) is 0.450. The molecule has 2 N–H and O–H groups in total. The summed E-state index contributed by atoms with van der Waals surface area (Å²) in [5, 5.41) is 19.5. The van der Waals surface area contributed by atoms with E-state index in [1.54, 1.807) is 24.3 Å². The van der Waals surface area contributed by atoms with E-state index in [-0.39, 0.29) is 12.0 Å². The first kappa shape index (κ1) is 19.5. The average molecular weight is 382 g/mol. The Kier molecular flexibility index (Phi) is 5.73. The van der Waals surface area contributed by atoms with E-state index >= 15 is 0 Å². The highest BCUT2D eigenvalue weighted by atomic mass is 16.5. The zero-order chi connectivity index (χ0) is 20.1. The Hall–Kier alpha value is -3.21. The van der Waals surface area contributed by atoms with Crippen molar-refractivity contribution in [2.24, 2.45) is 0 Å². The number of nitrogens with zero attached hydrogens (tertiary/aromatic N) is 2. The number of hydrogen-bond donors (Lipinski definition) is 2. The molecule has 1 heterocycles. The number of benzene rings is 1. The quantitative estimate of drug-likeness (QED) is 0.759. The van der Waals surface area contributed by atoms with E-state index in [1.807, 2.05) is 0 Å². The van der Waals surface area contributed by atoms with Crippen LogP contribution in [0.3, 0.4) is 0 Å². The number of nitrogens with one attached hydrogen (secondary N) is 2. The number of amides is 1. The van der Waals surface area contributed by atoms with Crippen LogP contribution in [0.25, 0.3) is 10.8 Å². The van der Waals surface area contributed by atoms with Crippen molar-refractivity contribution in [1.82, 2.24) is 15.5 Å². The van der Waals surface area contributed by atoms with Gasteiger partial charge in [-0.05, 0) is 25.8 Å². The van der Waals surface area contributed by atoms with Crippen molar-refractivity contribution >= 4 is 22.6 Å². The zero-order valence-electron chi connectivity index (χ0n) is 15.7. The molecule has 3 rings (SSSR count). The Labute approximate surface area is 161 Å². The minimum Gasteiger partial charge on any atom is -0.452 e. The first-order valence-corrected chi connectivity index (χ1v) is 9.33. The standard InChI is InChI=1S/C20H22N4O4/c1-13(18(26)22-20(12-21)9-5-2-6-10-20)28-17(25)11-16-14-7-3-4-8-15(14)19(27)24-23-16/h3-4,7-8,13H,2,5-6,9-11H2,1H3,(H,22,26)(H,24,27)/t13-/m0/s1. The summed E-state index contributed by atoms with van der Waals surface area (Å²) in [5.74, 6) is -1.13. The molecule has 146 valence electrons. The fourth-order valence-corrected chi connectivity index (χ4v) is 3.49. The maximum Gasteiger partial charge on any atom is 0.312 e. The lowest BCUT2D eigenvalue weighted by molar-refractivity contribution is -0.154. The Balaban J connectivity index is 1.65. The highest BCUT2D eigenvalue weighted by molar-refractivity contribution is 5.88. The number of aromatic amines is 1. The molecule has 28 heavy (non-hydrogen) atoms. The Morgan fingerprint density at radius 3 is 2.64 bits per heavy atom. The van der Waals surface area contributed by atoms with Crippen LogP contribution in [0.1, 0.15) is 44.7 Å². The molecule has 1 atom stereocenters. The minimum absolute atomic E-state index is 0.182. The molecule has 0 saturated heterocycles. The minimum atomic E-state index is -1.03. The Morgan fingerprint density at radius 1 is 1.29 bits per heavy atom. The van der Waals surface area contributed by atoms with Crippen LogP contribution >= 0.6 is 0 Å². The Morgan fingerprint density at radius 2 is 1.96 bits per heavy atom. The molecule has 0 radical (unpaired) electrons. The average Bonchev–Trinajstić information content (AvgIpc) is 2.71.